The van der Waals surface area contributed by atoms with E-state index in [-0.39, 0.29) is 6.61 Å². The molecular weight excluding hydrogens is 508 g/mol. The molecule has 3 rings (SSSR count). The number of benzene rings is 2. The number of rotatable bonds is 11. The minimum Gasteiger partial charge on any atom is -0.465 e. The molecule has 0 aliphatic carbocycles. The van der Waals surface area contributed by atoms with Gasteiger partial charge < -0.3 is 40.2 Å². The van der Waals surface area contributed by atoms with E-state index in [1.807, 2.05) is 30.3 Å². The van der Waals surface area contributed by atoms with E-state index in [4.69, 9.17) is 14.2 Å². The monoisotopic (exact) mass is 542 g/mol. The molecular formula is C28H34N2O9. The highest BCUT2D eigenvalue weighted by Gasteiger charge is 2.56. The van der Waals surface area contributed by atoms with Gasteiger partial charge in [-0.2, -0.15) is 0 Å². The number of hydrogen-bond acceptors (Lipinski definition) is 9. The van der Waals surface area contributed by atoms with E-state index >= 15 is 0 Å². The first-order valence-electron chi connectivity index (χ1n) is 12.4. The van der Waals surface area contributed by atoms with Gasteiger partial charge in [0.15, 0.2) is 0 Å². The number of esters is 1. The van der Waals surface area contributed by atoms with Gasteiger partial charge in [0.05, 0.1) is 32.0 Å². The molecule has 2 amide bonds. The summed E-state index contributed by atoms with van der Waals surface area (Å²) in [5.41, 5.74) is 2.25. The smallest absolute Gasteiger partial charge is 0.366 e. The fourth-order valence-electron chi connectivity index (χ4n) is 4.37. The number of aliphatic hydroxyl groups is 3. The molecule has 1 fully saturated rings. The van der Waals surface area contributed by atoms with Crippen LogP contribution in [-0.4, -0.2) is 89.6 Å². The van der Waals surface area contributed by atoms with Crippen LogP contribution in [0.4, 0.5) is 0 Å². The topological polar surface area (TPSA) is 164 Å². The molecule has 11 nitrogen and oxygen atoms in total. The third kappa shape index (κ3) is 7.28. The number of carbonyl (C=O) groups excluding carboxylic acids is 3. The van der Waals surface area contributed by atoms with E-state index in [1.165, 1.54) is 13.0 Å². The number of hydrogen-bond donors (Lipinski definition) is 5. The van der Waals surface area contributed by atoms with E-state index in [0.29, 0.717) is 5.56 Å². The van der Waals surface area contributed by atoms with Crippen molar-refractivity contribution in [2.45, 2.75) is 49.6 Å². The third-order valence-electron chi connectivity index (χ3n) is 6.33. The van der Waals surface area contributed by atoms with Gasteiger partial charge >= 0.3 is 5.97 Å². The molecule has 1 aliphatic heterocycles. The Balaban J connectivity index is 1.73. The second kappa shape index (κ2) is 13.5. The van der Waals surface area contributed by atoms with E-state index in [2.05, 4.69) is 17.2 Å². The van der Waals surface area contributed by atoms with Gasteiger partial charge in [0.2, 0.25) is 5.91 Å². The molecule has 1 saturated heterocycles. The first kappa shape index (κ1) is 29.9. The summed E-state index contributed by atoms with van der Waals surface area (Å²) in [7, 11) is 1.10. The Morgan fingerprint density at radius 1 is 1.13 bits per heavy atom. The van der Waals surface area contributed by atoms with Crippen LogP contribution in [0.3, 0.4) is 0 Å². The number of amides is 2. The fourth-order valence-corrected chi connectivity index (χ4v) is 4.37. The lowest BCUT2D eigenvalue weighted by atomic mass is 9.88. The lowest BCUT2D eigenvalue weighted by Crippen LogP contribution is -2.68. The first-order valence-corrected chi connectivity index (χ1v) is 12.4. The molecule has 0 radical (unpaired) electrons. The van der Waals surface area contributed by atoms with Gasteiger partial charge in [0.25, 0.3) is 11.7 Å². The Bertz CT molecular complexity index is 1140. The molecule has 1 heterocycles. The summed E-state index contributed by atoms with van der Waals surface area (Å²) in [5.74, 6) is -4.16. The van der Waals surface area contributed by atoms with Crippen molar-refractivity contribution in [3.05, 3.63) is 72.8 Å². The fraction of sp³-hybridized carbons (Fsp3) is 0.393. The van der Waals surface area contributed by atoms with E-state index in [1.54, 1.807) is 24.3 Å². The van der Waals surface area contributed by atoms with Crippen molar-refractivity contribution in [1.82, 2.24) is 10.6 Å². The molecule has 0 aromatic heterocycles. The number of carbonyl (C=O) groups is 3. The molecule has 6 atom stereocenters. The Morgan fingerprint density at radius 2 is 1.77 bits per heavy atom. The standard InChI is InChI=1S/C28H34N2O9/c1-4-14-38-28(27(36)37-3)15-21(32)23(30-17(2)31)25(39-28)24(34)22(33)16-29-26(35)20-12-10-19(11-13-20)18-8-6-5-7-9-18/h4-13,21-25,32-34H,1,14-16H2,2-3H3,(H,29,35)(H,30,31)/t21?,22-,23?,24-,25?,28?/m1/s1. The van der Waals surface area contributed by atoms with Gasteiger partial charge in [0, 0.05) is 25.5 Å². The largest absolute Gasteiger partial charge is 0.465 e. The first-order chi connectivity index (χ1) is 18.6. The minimum atomic E-state index is -2.13. The van der Waals surface area contributed by atoms with Crippen LogP contribution in [0, 0.1) is 0 Å². The van der Waals surface area contributed by atoms with Crippen molar-refractivity contribution in [3.8, 4) is 11.1 Å². The summed E-state index contributed by atoms with van der Waals surface area (Å²) in [4.78, 5) is 37.1. The Hall–Kier alpha value is -3.61. The lowest BCUT2D eigenvalue weighted by Gasteiger charge is -2.46. The summed E-state index contributed by atoms with van der Waals surface area (Å²) in [5, 5.41) is 37.5. The van der Waals surface area contributed by atoms with E-state index < -0.39 is 67.0 Å². The summed E-state index contributed by atoms with van der Waals surface area (Å²) < 4.78 is 16.1. The van der Waals surface area contributed by atoms with Crippen molar-refractivity contribution in [1.29, 1.82) is 0 Å². The van der Waals surface area contributed by atoms with Crippen molar-refractivity contribution in [2.75, 3.05) is 20.3 Å². The molecule has 210 valence electrons. The van der Waals surface area contributed by atoms with Crippen LogP contribution in [0.1, 0.15) is 23.7 Å². The zero-order valence-corrected chi connectivity index (χ0v) is 21.8. The average molecular weight is 543 g/mol. The molecule has 1 aliphatic rings. The number of nitrogens with one attached hydrogen (secondary N) is 2. The zero-order chi connectivity index (χ0) is 28.6. The Morgan fingerprint density at radius 3 is 2.36 bits per heavy atom. The zero-order valence-electron chi connectivity index (χ0n) is 21.8. The number of ether oxygens (including phenoxy) is 3. The predicted molar refractivity (Wildman–Crippen MR) is 140 cm³/mol. The number of aliphatic hydroxyl groups excluding tert-OH is 3. The second-order valence-electron chi connectivity index (χ2n) is 9.14. The summed E-state index contributed by atoms with van der Waals surface area (Å²) in [6.07, 6.45) is -5.39. The quantitative estimate of drug-likeness (QED) is 0.201. The second-order valence-corrected chi connectivity index (χ2v) is 9.14. The average Bonchev–Trinajstić information content (AvgIpc) is 2.95. The van der Waals surface area contributed by atoms with Crippen LogP contribution in [0.25, 0.3) is 11.1 Å². The maximum absolute atomic E-state index is 12.7. The van der Waals surface area contributed by atoms with Gasteiger partial charge in [-0.15, -0.1) is 6.58 Å². The van der Waals surface area contributed by atoms with E-state index in [9.17, 15) is 29.7 Å². The van der Waals surface area contributed by atoms with Crippen LogP contribution in [-0.2, 0) is 23.8 Å². The number of methoxy groups -OCH3 is 1. The maximum Gasteiger partial charge on any atom is 0.366 e. The highest BCUT2D eigenvalue weighted by molar-refractivity contribution is 5.94. The molecule has 0 bridgehead atoms. The molecule has 4 unspecified atom stereocenters. The van der Waals surface area contributed by atoms with Crippen LogP contribution < -0.4 is 10.6 Å². The molecule has 2 aromatic rings. The highest BCUT2D eigenvalue weighted by Crippen LogP contribution is 2.34. The van der Waals surface area contributed by atoms with Crippen molar-refractivity contribution >= 4 is 17.8 Å². The maximum atomic E-state index is 12.7. The van der Waals surface area contributed by atoms with Gasteiger partial charge in [-0.1, -0.05) is 48.5 Å². The van der Waals surface area contributed by atoms with Gasteiger partial charge in [-0.3, -0.25) is 9.59 Å². The summed E-state index contributed by atoms with van der Waals surface area (Å²) >= 11 is 0. The Kier molecular flexibility index (Phi) is 10.3. The molecule has 39 heavy (non-hydrogen) atoms. The molecule has 2 aromatic carbocycles. The van der Waals surface area contributed by atoms with Crippen molar-refractivity contribution in [2.24, 2.45) is 0 Å². The predicted octanol–water partition coefficient (Wildman–Crippen LogP) is 0.532. The lowest BCUT2D eigenvalue weighted by molar-refractivity contribution is -0.308. The van der Waals surface area contributed by atoms with Gasteiger partial charge in [-0.25, -0.2) is 4.79 Å². The third-order valence-corrected chi connectivity index (χ3v) is 6.33. The van der Waals surface area contributed by atoms with Crippen molar-refractivity contribution < 1.29 is 43.9 Å². The van der Waals surface area contributed by atoms with Crippen molar-refractivity contribution in [3.63, 3.8) is 0 Å². The van der Waals surface area contributed by atoms with Crippen LogP contribution in [0.15, 0.2) is 67.3 Å². The van der Waals surface area contributed by atoms with Gasteiger partial charge in [0.1, 0.15) is 12.2 Å². The molecule has 0 saturated carbocycles. The highest BCUT2D eigenvalue weighted by atomic mass is 16.7. The normalized spacial score (nSPS) is 24.2. The van der Waals surface area contributed by atoms with Crippen LogP contribution >= 0.6 is 0 Å². The van der Waals surface area contributed by atoms with Crippen LogP contribution in [0.5, 0.6) is 0 Å². The molecule has 11 heteroatoms. The summed E-state index contributed by atoms with van der Waals surface area (Å²) in [6, 6.07) is 15.3. The Labute approximate surface area is 226 Å². The molecule has 5 N–H and O–H groups in total. The summed E-state index contributed by atoms with van der Waals surface area (Å²) in [6.45, 7) is 4.17. The van der Waals surface area contributed by atoms with Crippen LogP contribution in [0.2, 0.25) is 0 Å². The van der Waals surface area contributed by atoms with Gasteiger partial charge in [-0.05, 0) is 23.3 Å². The minimum absolute atomic E-state index is 0.156. The van der Waals surface area contributed by atoms with E-state index in [0.717, 1.165) is 18.2 Å². The SMILES string of the molecule is C=CCOC1(C(=O)OC)CC(O)C(NC(C)=O)C([C@H](O)[C@H](O)CNC(=O)c2ccc(-c3ccccc3)cc2)O1. The molecule has 0 spiro atoms.